The van der Waals surface area contributed by atoms with Crippen molar-refractivity contribution in [3.8, 4) is 0 Å². The number of carbonyl (C=O) groups excluding carboxylic acids is 3. The average molecular weight is 343 g/mol. The molecule has 0 bridgehead atoms. The number of hydrogen-bond acceptors (Lipinski definition) is 4. The maximum absolute atomic E-state index is 12.5. The fourth-order valence-electron chi connectivity index (χ4n) is 2.00. The first-order valence-electron chi connectivity index (χ1n) is 7.31. The molecule has 122 valence electrons. The molecule has 0 aliphatic rings. The van der Waals surface area contributed by atoms with Crippen molar-refractivity contribution in [3.05, 3.63) is 82.4 Å². The molecule has 24 heavy (non-hydrogen) atoms. The van der Waals surface area contributed by atoms with Gasteiger partial charge >= 0.3 is 5.97 Å². The number of esters is 1. The number of allylic oxidation sites excluding steroid dienone is 1. The monoisotopic (exact) mass is 342 g/mol. The molecular formula is C19H15ClO4. The molecule has 0 aliphatic carbocycles. The van der Waals surface area contributed by atoms with Gasteiger partial charge in [-0.25, -0.2) is 4.79 Å². The normalized spacial score (nSPS) is 11.0. The van der Waals surface area contributed by atoms with Gasteiger partial charge in [-0.15, -0.1) is 0 Å². The highest BCUT2D eigenvalue weighted by atomic mass is 35.5. The van der Waals surface area contributed by atoms with Gasteiger partial charge in [0.15, 0.2) is 11.6 Å². The topological polar surface area (TPSA) is 60.4 Å². The Labute approximate surface area is 144 Å². The predicted molar refractivity (Wildman–Crippen MR) is 91.3 cm³/mol. The van der Waals surface area contributed by atoms with Gasteiger partial charge in [0.05, 0.1) is 6.61 Å². The summed E-state index contributed by atoms with van der Waals surface area (Å²) in [7, 11) is 0. The van der Waals surface area contributed by atoms with Crippen LogP contribution in [-0.2, 0) is 9.53 Å². The number of benzene rings is 2. The van der Waals surface area contributed by atoms with E-state index in [1.807, 2.05) is 0 Å². The van der Waals surface area contributed by atoms with Gasteiger partial charge in [-0.05, 0) is 31.2 Å². The minimum atomic E-state index is -0.825. The molecule has 0 amide bonds. The van der Waals surface area contributed by atoms with E-state index in [4.69, 9.17) is 16.3 Å². The number of ketones is 2. The van der Waals surface area contributed by atoms with Crippen LogP contribution in [0.4, 0.5) is 0 Å². The van der Waals surface area contributed by atoms with Crippen LogP contribution in [0.15, 0.2) is 66.2 Å². The number of halogens is 1. The highest BCUT2D eigenvalue weighted by Gasteiger charge is 2.22. The quantitative estimate of drug-likeness (QED) is 0.263. The third-order valence-electron chi connectivity index (χ3n) is 3.18. The molecule has 0 radical (unpaired) electrons. The van der Waals surface area contributed by atoms with E-state index in [0.717, 1.165) is 6.08 Å². The fourth-order valence-corrected chi connectivity index (χ4v) is 2.13. The van der Waals surface area contributed by atoms with Crippen molar-refractivity contribution in [1.82, 2.24) is 0 Å². The standard InChI is InChI=1S/C19H15ClO4/c1-2-24-19(23)16(18(22)14-6-4-3-5-7-14)12-17(21)13-8-10-15(20)11-9-13/h3-12H,2H2,1H3/b16-12-. The van der Waals surface area contributed by atoms with Crippen LogP contribution in [0.3, 0.4) is 0 Å². The van der Waals surface area contributed by atoms with Crippen molar-refractivity contribution in [1.29, 1.82) is 0 Å². The summed E-state index contributed by atoms with van der Waals surface area (Å²) in [6.45, 7) is 1.73. The molecule has 5 heteroatoms. The lowest BCUT2D eigenvalue weighted by Crippen LogP contribution is -2.18. The molecule has 0 unspecified atom stereocenters. The van der Waals surface area contributed by atoms with Crippen LogP contribution < -0.4 is 0 Å². The Hall–Kier alpha value is -2.72. The Balaban J connectivity index is 2.38. The van der Waals surface area contributed by atoms with E-state index in [9.17, 15) is 14.4 Å². The first-order chi connectivity index (χ1) is 11.5. The highest BCUT2D eigenvalue weighted by Crippen LogP contribution is 2.14. The lowest BCUT2D eigenvalue weighted by atomic mass is 10.0. The summed E-state index contributed by atoms with van der Waals surface area (Å²) in [6.07, 6.45) is 1.01. The largest absolute Gasteiger partial charge is 0.462 e. The smallest absolute Gasteiger partial charge is 0.342 e. The van der Waals surface area contributed by atoms with Crippen LogP contribution in [-0.4, -0.2) is 24.1 Å². The lowest BCUT2D eigenvalue weighted by Gasteiger charge is -2.06. The first kappa shape index (κ1) is 17.6. The van der Waals surface area contributed by atoms with Crippen LogP contribution in [0, 0.1) is 0 Å². The van der Waals surface area contributed by atoms with E-state index in [1.165, 1.54) is 12.1 Å². The molecule has 0 aromatic heterocycles. The number of rotatable bonds is 6. The molecule has 2 aromatic rings. The molecule has 0 saturated heterocycles. The zero-order valence-electron chi connectivity index (χ0n) is 13.0. The lowest BCUT2D eigenvalue weighted by molar-refractivity contribution is -0.138. The summed E-state index contributed by atoms with van der Waals surface area (Å²) < 4.78 is 4.90. The van der Waals surface area contributed by atoms with Gasteiger partial charge in [-0.2, -0.15) is 0 Å². The predicted octanol–water partition coefficient (Wildman–Crippen LogP) is 3.90. The Morgan fingerprint density at radius 1 is 0.958 bits per heavy atom. The molecule has 2 rings (SSSR count). The van der Waals surface area contributed by atoms with E-state index in [1.54, 1.807) is 49.4 Å². The van der Waals surface area contributed by atoms with Crippen molar-refractivity contribution in [2.45, 2.75) is 6.92 Å². The van der Waals surface area contributed by atoms with Crippen molar-refractivity contribution < 1.29 is 19.1 Å². The second-order valence-corrected chi connectivity index (χ2v) is 5.28. The van der Waals surface area contributed by atoms with Gasteiger partial charge in [-0.3, -0.25) is 9.59 Å². The van der Waals surface area contributed by atoms with Crippen molar-refractivity contribution in [2.75, 3.05) is 6.61 Å². The van der Waals surface area contributed by atoms with Gasteiger partial charge in [0.25, 0.3) is 0 Å². The summed E-state index contributed by atoms with van der Waals surface area (Å²) in [5, 5.41) is 0.488. The fraction of sp³-hybridized carbons (Fsp3) is 0.105. The van der Waals surface area contributed by atoms with E-state index in [0.29, 0.717) is 16.1 Å². The maximum Gasteiger partial charge on any atom is 0.342 e. The van der Waals surface area contributed by atoms with E-state index < -0.39 is 17.5 Å². The molecule has 0 spiro atoms. The SMILES string of the molecule is CCOC(=O)/C(=C\C(=O)c1ccc(Cl)cc1)C(=O)c1ccccc1. The van der Waals surface area contributed by atoms with Crippen LogP contribution >= 0.6 is 11.6 Å². The first-order valence-corrected chi connectivity index (χ1v) is 7.69. The van der Waals surface area contributed by atoms with E-state index >= 15 is 0 Å². The van der Waals surface area contributed by atoms with E-state index in [-0.39, 0.29) is 12.2 Å². The molecule has 0 aliphatic heterocycles. The molecule has 0 N–H and O–H groups in total. The molecule has 0 heterocycles. The molecule has 4 nitrogen and oxygen atoms in total. The number of hydrogen-bond donors (Lipinski definition) is 0. The Morgan fingerprint density at radius 3 is 2.17 bits per heavy atom. The van der Waals surface area contributed by atoms with E-state index in [2.05, 4.69) is 0 Å². The number of carbonyl (C=O) groups is 3. The average Bonchev–Trinajstić information content (AvgIpc) is 2.60. The molecular weight excluding hydrogens is 328 g/mol. The molecule has 2 aromatic carbocycles. The summed E-state index contributed by atoms with van der Waals surface area (Å²) in [4.78, 5) is 37.0. The maximum atomic E-state index is 12.5. The Morgan fingerprint density at radius 2 is 1.58 bits per heavy atom. The summed E-state index contributed by atoms with van der Waals surface area (Å²) >= 11 is 5.79. The zero-order chi connectivity index (χ0) is 17.5. The second-order valence-electron chi connectivity index (χ2n) is 4.84. The van der Waals surface area contributed by atoms with Gasteiger partial charge in [0.2, 0.25) is 0 Å². The van der Waals surface area contributed by atoms with Crippen molar-refractivity contribution in [2.24, 2.45) is 0 Å². The summed E-state index contributed by atoms with van der Waals surface area (Å²) in [5.41, 5.74) is 0.325. The highest BCUT2D eigenvalue weighted by molar-refractivity contribution is 6.31. The summed E-state index contributed by atoms with van der Waals surface area (Å²) in [5.74, 6) is -1.86. The van der Waals surface area contributed by atoms with Crippen LogP contribution in [0.2, 0.25) is 5.02 Å². The van der Waals surface area contributed by atoms with Gasteiger partial charge in [0.1, 0.15) is 5.57 Å². The minimum absolute atomic E-state index is 0.105. The summed E-state index contributed by atoms with van der Waals surface area (Å²) in [6, 6.07) is 14.4. The number of ether oxygens (including phenoxy) is 1. The Kier molecular flexibility index (Phi) is 6.04. The van der Waals surface area contributed by atoms with Gasteiger partial charge < -0.3 is 4.74 Å². The van der Waals surface area contributed by atoms with Crippen LogP contribution in [0.5, 0.6) is 0 Å². The molecule has 0 fully saturated rings. The minimum Gasteiger partial charge on any atom is -0.462 e. The van der Waals surface area contributed by atoms with Gasteiger partial charge in [-0.1, -0.05) is 41.9 Å². The third-order valence-corrected chi connectivity index (χ3v) is 3.43. The number of Topliss-reactive ketones (excluding diaryl/α,β-unsaturated/α-hetero) is 1. The third kappa shape index (κ3) is 4.40. The van der Waals surface area contributed by atoms with Crippen molar-refractivity contribution in [3.63, 3.8) is 0 Å². The molecule has 0 atom stereocenters. The van der Waals surface area contributed by atoms with Gasteiger partial charge in [0, 0.05) is 22.2 Å². The zero-order valence-corrected chi connectivity index (χ0v) is 13.7. The van der Waals surface area contributed by atoms with Crippen LogP contribution in [0.1, 0.15) is 27.6 Å². The van der Waals surface area contributed by atoms with Crippen LogP contribution in [0.25, 0.3) is 0 Å². The Bertz CT molecular complexity index is 777. The van der Waals surface area contributed by atoms with Crippen molar-refractivity contribution >= 4 is 29.1 Å². The molecule has 0 saturated carbocycles. The second kappa shape index (κ2) is 8.22.